The number of halogens is 2. The number of aromatic nitrogens is 1. The van der Waals surface area contributed by atoms with Gasteiger partial charge in [-0.3, -0.25) is 9.99 Å². The normalized spacial score (nSPS) is 16.4. The van der Waals surface area contributed by atoms with Gasteiger partial charge in [0.2, 0.25) is 0 Å². The summed E-state index contributed by atoms with van der Waals surface area (Å²) in [5, 5.41) is 30.5. The van der Waals surface area contributed by atoms with E-state index in [1.165, 1.54) is 6.20 Å². The molecule has 0 spiro atoms. The van der Waals surface area contributed by atoms with Crippen molar-refractivity contribution >= 4 is 53.3 Å². The number of anilines is 2. The van der Waals surface area contributed by atoms with Crippen LogP contribution in [0.2, 0.25) is 10.0 Å². The van der Waals surface area contributed by atoms with E-state index in [9.17, 15) is 10.5 Å². The summed E-state index contributed by atoms with van der Waals surface area (Å²) in [4.78, 5) is 4.54. The molecule has 1 fully saturated rings. The SMILES string of the molecule is BC(Nc1cc(Cl)c2ncc(C#N)c(N[C@H](CCC#N)c3ccccc3)c2c1)(C1=CN(C2CC2)NN1)c1ccccc1Cl. The molecule has 4 N–H and O–H groups in total. The van der Waals surface area contributed by atoms with Crippen LogP contribution in [0.15, 0.2) is 84.8 Å². The molecule has 2 aliphatic rings. The number of hydrogen-bond acceptors (Lipinski definition) is 8. The summed E-state index contributed by atoms with van der Waals surface area (Å²) in [5.41, 5.74) is 10.9. The summed E-state index contributed by atoms with van der Waals surface area (Å²) in [6.07, 6.45) is 6.81. The minimum absolute atomic E-state index is 0.199. The van der Waals surface area contributed by atoms with Gasteiger partial charge in [0, 0.05) is 41.0 Å². The fourth-order valence-corrected chi connectivity index (χ4v) is 6.12. The number of nitrogens with one attached hydrogen (secondary N) is 4. The lowest BCUT2D eigenvalue weighted by Crippen LogP contribution is -2.45. The average molecular weight is 607 g/mol. The third-order valence-electron chi connectivity index (χ3n) is 7.98. The van der Waals surface area contributed by atoms with Crippen LogP contribution in [-0.4, -0.2) is 23.9 Å². The molecular weight excluding hydrogens is 578 g/mol. The summed E-state index contributed by atoms with van der Waals surface area (Å²) in [7, 11) is 2.07. The van der Waals surface area contributed by atoms with Crippen LogP contribution < -0.4 is 21.6 Å². The quantitative estimate of drug-likeness (QED) is 0.160. The Hall–Kier alpha value is -4.41. The Morgan fingerprint density at radius 1 is 1.07 bits per heavy atom. The Morgan fingerprint density at radius 3 is 2.56 bits per heavy atom. The molecule has 0 radical (unpaired) electrons. The van der Waals surface area contributed by atoms with Gasteiger partial charge in [-0.05, 0) is 48.6 Å². The molecule has 1 aliphatic heterocycles. The van der Waals surface area contributed by atoms with Gasteiger partial charge in [0.05, 0.1) is 45.0 Å². The topological polar surface area (TPSA) is 112 Å². The Bertz CT molecular complexity index is 1780. The van der Waals surface area contributed by atoms with Gasteiger partial charge in [-0.2, -0.15) is 10.5 Å². The van der Waals surface area contributed by atoms with Crippen molar-refractivity contribution < 1.29 is 0 Å². The van der Waals surface area contributed by atoms with Crippen molar-refractivity contribution in [1.82, 2.24) is 21.0 Å². The highest BCUT2D eigenvalue weighted by Crippen LogP contribution is 2.40. The third-order valence-corrected chi connectivity index (χ3v) is 8.60. The van der Waals surface area contributed by atoms with Crippen LogP contribution in [0, 0.1) is 22.7 Å². The van der Waals surface area contributed by atoms with Crippen molar-refractivity contribution in [2.24, 2.45) is 0 Å². The number of nitriles is 2. The predicted octanol–water partition coefficient (Wildman–Crippen LogP) is 6.10. The first-order valence-electron chi connectivity index (χ1n) is 14.2. The second-order valence-corrected chi connectivity index (χ2v) is 11.8. The summed E-state index contributed by atoms with van der Waals surface area (Å²) in [6.45, 7) is 0. The molecule has 0 bridgehead atoms. The predicted molar refractivity (Wildman–Crippen MR) is 174 cm³/mol. The van der Waals surface area contributed by atoms with Crippen LogP contribution in [0.1, 0.15) is 48.4 Å². The molecule has 43 heavy (non-hydrogen) atoms. The summed E-state index contributed by atoms with van der Waals surface area (Å²) in [5.74, 6) is 0. The first-order chi connectivity index (χ1) is 20.9. The van der Waals surface area contributed by atoms with E-state index in [1.54, 1.807) is 0 Å². The van der Waals surface area contributed by atoms with E-state index < -0.39 is 5.44 Å². The maximum Gasteiger partial charge on any atom is 0.148 e. The number of benzene rings is 3. The standard InChI is InChI=1S/C32H29BCl2N8/c33-32(25-9-4-5-10-26(25)34,29-19-43(42-41-29)23-12-13-23)40-22-15-24-30(21(17-37)18-38-31(24)27(35)16-22)39-28(11-6-14-36)20-7-2-1-3-8-20/h1-5,7-10,15-16,18-19,23,28,40-42H,6,11-13,33H2,(H,38,39)/t28-,32?/m1/s1. The molecule has 6 rings (SSSR count). The zero-order chi connectivity index (χ0) is 30.0. The van der Waals surface area contributed by atoms with Crippen molar-refractivity contribution in [3.63, 3.8) is 0 Å². The van der Waals surface area contributed by atoms with E-state index in [-0.39, 0.29) is 6.04 Å². The van der Waals surface area contributed by atoms with Gasteiger partial charge < -0.3 is 16.1 Å². The Kier molecular flexibility index (Phi) is 8.05. The van der Waals surface area contributed by atoms with Crippen molar-refractivity contribution in [3.05, 3.63) is 112 Å². The molecule has 2 heterocycles. The van der Waals surface area contributed by atoms with Gasteiger partial charge in [-0.15, -0.1) is 5.53 Å². The van der Waals surface area contributed by atoms with E-state index in [1.807, 2.05) is 66.7 Å². The van der Waals surface area contributed by atoms with Gasteiger partial charge in [0.15, 0.2) is 0 Å². The Morgan fingerprint density at radius 2 is 1.84 bits per heavy atom. The summed E-state index contributed by atoms with van der Waals surface area (Å²) < 4.78 is 0. The molecule has 2 atom stereocenters. The van der Waals surface area contributed by atoms with Crippen LogP contribution in [0.5, 0.6) is 0 Å². The van der Waals surface area contributed by atoms with E-state index >= 15 is 0 Å². The molecule has 4 aromatic rings. The minimum Gasteiger partial charge on any atom is -0.378 e. The first-order valence-corrected chi connectivity index (χ1v) is 14.9. The molecule has 11 heteroatoms. The lowest BCUT2D eigenvalue weighted by Gasteiger charge is -2.34. The Labute approximate surface area is 261 Å². The van der Waals surface area contributed by atoms with Crippen LogP contribution in [-0.2, 0) is 5.44 Å². The number of rotatable bonds is 10. The smallest absolute Gasteiger partial charge is 0.148 e. The van der Waals surface area contributed by atoms with Crippen LogP contribution in [0.3, 0.4) is 0 Å². The molecule has 0 amide bonds. The number of hydrazine groups is 2. The first kappa shape index (κ1) is 28.7. The third kappa shape index (κ3) is 5.80. The number of hydrogen-bond donors (Lipinski definition) is 4. The number of pyridine rings is 1. The second kappa shape index (κ2) is 12.1. The lowest BCUT2D eigenvalue weighted by atomic mass is 9.69. The fraction of sp³-hybridized carbons (Fsp3) is 0.219. The molecule has 1 unspecified atom stereocenters. The van der Waals surface area contributed by atoms with Gasteiger partial charge in [-0.1, -0.05) is 71.7 Å². The molecule has 8 nitrogen and oxygen atoms in total. The van der Waals surface area contributed by atoms with Gasteiger partial charge in [0.25, 0.3) is 0 Å². The molecule has 1 aliphatic carbocycles. The van der Waals surface area contributed by atoms with Gasteiger partial charge in [-0.25, -0.2) is 0 Å². The maximum absolute atomic E-state index is 10.1. The number of fused-ring (bicyclic) bond motifs is 1. The van der Waals surface area contributed by atoms with Crippen molar-refractivity contribution in [2.45, 2.75) is 43.2 Å². The average Bonchev–Trinajstić information content (AvgIpc) is 3.75. The van der Waals surface area contributed by atoms with Crippen LogP contribution in [0.25, 0.3) is 10.9 Å². The zero-order valence-electron chi connectivity index (χ0n) is 23.5. The van der Waals surface area contributed by atoms with Crippen molar-refractivity contribution in [2.75, 3.05) is 10.6 Å². The van der Waals surface area contributed by atoms with E-state index in [4.69, 9.17) is 23.2 Å². The molecule has 3 aromatic carbocycles. The highest BCUT2D eigenvalue weighted by atomic mass is 35.5. The van der Waals surface area contributed by atoms with Crippen LogP contribution in [0.4, 0.5) is 11.4 Å². The summed E-state index contributed by atoms with van der Waals surface area (Å²) in [6, 6.07) is 26.2. The summed E-state index contributed by atoms with van der Waals surface area (Å²) >= 11 is 13.7. The molecule has 1 saturated carbocycles. The van der Waals surface area contributed by atoms with E-state index in [0.717, 1.165) is 35.4 Å². The van der Waals surface area contributed by atoms with E-state index in [2.05, 4.69) is 57.8 Å². The molecule has 0 saturated heterocycles. The monoisotopic (exact) mass is 606 g/mol. The minimum atomic E-state index is -0.779. The van der Waals surface area contributed by atoms with Crippen molar-refractivity contribution in [1.29, 1.82) is 10.5 Å². The lowest BCUT2D eigenvalue weighted by molar-refractivity contribution is 0.260. The number of nitrogens with zero attached hydrogens (tertiary/aromatic N) is 4. The Balaban J connectivity index is 1.45. The fourth-order valence-electron chi connectivity index (χ4n) is 5.53. The van der Waals surface area contributed by atoms with Gasteiger partial charge >= 0.3 is 0 Å². The zero-order valence-corrected chi connectivity index (χ0v) is 25.0. The maximum atomic E-state index is 10.1. The van der Waals surface area contributed by atoms with Gasteiger partial charge in [0.1, 0.15) is 13.9 Å². The second-order valence-electron chi connectivity index (χ2n) is 11.0. The highest BCUT2D eigenvalue weighted by Gasteiger charge is 2.39. The molecule has 1 aromatic heterocycles. The van der Waals surface area contributed by atoms with Crippen molar-refractivity contribution in [3.8, 4) is 12.1 Å². The molecular formula is C32H29BCl2N8. The van der Waals surface area contributed by atoms with E-state index in [0.29, 0.717) is 51.1 Å². The van der Waals surface area contributed by atoms with Crippen LogP contribution >= 0.6 is 23.2 Å². The highest BCUT2D eigenvalue weighted by molar-refractivity contribution is 6.36. The largest absolute Gasteiger partial charge is 0.378 e. The molecule has 214 valence electrons.